The lowest BCUT2D eigenvalue weighted by Crippen LogP contribution is -2.05. The summed E-state index contributed by atoms with van der Waals surface area (Å²) in [6, 6.07) is 10.4. The van der Waals surface area contributed by atoms with E-state index >= 15 is 0 Å². The van der Waals surface area contributed by atoms with E-state index in [0.29, 0.717) is 6.61 Å². The first-order valence-corrected chi connectivity index (χ1v) is 5.72. The van der Waals surface area contributed by atoms with Crippen molar-refractivity contribution in [3.8, 4) is 0 Å². The van der Waals surface area contributed by atoms with E-state index in [2.05, 4.69) is 29.3 Å². The monoisotopic (exact) mass is 223 g/mol. The van der Waals surface area contributed by atoms with Crippen LogP contribution in [0.3, 0.4) is 0 Å². The molecule has 1 aromatic rings. The van der Waals surface area contributed by atoms with E-state index in [-0.39, 0.29) is 6.04 Å². The van der Waals surface area contributed by atoms with Crippen molar-refractivity contribution >= 4 is 6.21 Å². The van der Waals surface area contributed by atoms with E-state index in [1.165, 1.54) is 11.1 Å². The Morgan fingerprint density at radius 1 is 1.18 bits per heavy atom. The van der Waals surface area contributed by atoms with Crippen LogP contribution in [0.25, 0.3) is 0 Å². The third-order valence-corrected chi connectivity index (χ3v) is 2.86. The number of rotatable bonds is 3. The van der Waals surface area contributed by atoms with Crippen LogP contribution in [0.5, 0.6) is 0 Å². The smallest absolute Gasteiger partial charge is 0.119 e. The highest BCUT2D eigenvalue weighted by Gasteiger charge is 2.15. The molecule has 0 aromatic heterocycles. The molecule has 1 heterocycles. The Bertz CT molecular complexity index is 523. The van der Waals surface area contributed by atoms with Crippen molar-refractivity contribution in [3.05, 3.63) is 71.5 Å². The van der Waals surface area contributed by atoms with Crippen LogP contribution in [0.1, 0.15) is 5.56 Å². The molecule has 1 aromatic carbocycles. The molecular formula is C15H13NO. The number of benzene rings is 1. The van der Waals surface area contributed by atoms with Crippen molar-refractivity contribution in [2.75, 3.05) is 0 Å². The molecule has 0 spiro atoms. The summed E-state index contributed by atoms with van der Waals surface area (Å²) in [5, 5.41) is 0. The van der Waals surface area contributed by atoms with Crippen LogP contribution in [0.2, 0.25) is 0 Å². The van der Waals surface area contributed by atoms with Gasteiger partial charge in [-0.05, 0) is 29.4 Å². The van der Waals surface area contributed by atoms with Gasteiger partial charge in [0.15, 0.2) is 0 Å². The standard InChI is InChI=1S/C15H13NO/c1-2-4-12(5-3-1)11-17-14-6-7-15-13(10-14)8-9-16-15/h1-10,15H,11H2/t15-/m1/s1. The van der Waals surface area contributed by atoms with Gasteiger partial charge < -0.3 is 4.74 Å². The number of hydrogen-bond acceptors (Lipinski definition) is 2. The Kier molecular flexibility index (Phi) is 2.62. The molecule has 0 bridgehead atoms. The number of allylic oxidation sites excluding steroid dienone is 2. The van der Waals surface area contributed by atoms with E-state index < -0.39 is 0 Å². The Balaban J connectivity index is 1.66. The lowest BCUT2D eigenvalue weighted by molar-refractivity contribution is 0.210. The van der Waals surface area contributed by atoms with E-state index in [0.717, 1.165) is 5.76 Å². The molecule has 0 amide bonds. The van der Waals surface area contributed by atoms with Crippen LogP contribution >= 0.6 is 0 Å². The molecule has 2 heteroatoms. The van der Waals surface area contributed by atoms with Gasteiger partial charge in [-0.25, -0.2) is 0 Å². The topological polar surface area (TPSA) is 21.6 Å². The van der Waals surface area contributed by atoms with Gasteiger partial charge in [0.25, 0.3) is 0 Å². The molecule has 1 aliphatic heterocycles. The zero-order chi connectivity index (χ0) is 11.5. The van der Waals surface area contributed by atoms with Crippen molar-refractivity contribution in [3.63, 3.8) is 0 Å². The maximum Gasteiger partial charge on any atom is 0.119 e. The summed E-state index contributed by atoms with van der Waals surface area (Å²) in [6.07, 6.45) is 9.99. The highest BCUT2D eigenvalue weighted by molar-refractivity contribution is 5.78. The second kappa shape index (κ2) is 4.42. The van der Waals surface area contributed by atoms with Crippen LogP contribution in [0, 0.1) is 0 Å². The number of aliphatic imine (C=N–C) groups is 1. The summed E-state index contributed by atoms with van der Waals surface area (Å²) in [5.41, 5.74) is 2.39. The van der Waals surface area contributed by atoms with E-state index in [1.54, 1.807) is 0 Å². The molecule has 1 aliphatic carbocycles. The van der Waals surface area contributed by atoms with Gasteiger partial charge in [-0.1, -0.05) is 36.4 Å². The molecule has 0 N–H and O–H groups in total. The number of hydrogen-bond donors (Lipinski definition) is 0. The third-order valence-electron chi connectivity index (χ3n) is 2.86. The summed E-state index contributed by atoms with van der Waals surface area (Å²) >= 11 is 0. The van der Waals surface area contributed by atoms with Crippen molar-refractivity contribution in [2.24, 2.45) is 4.99 Å². The lowest BCUT2D eigenvalue weighted by atomic mass is 10.0. The van der Waals surface area contributed by atoms with Crippen LogP contribution in [-0.4, -0.2) is 12.3 Å². The summed E-state index contributed by atoms with van der Waals surface area (Å²) in [6.45, 7) is 0.607. The van der Waals surface area contributed by atoms with Crippen molar-refractivity contribution in [1.29, 1.82) is 0 Å². The highest BCUT2D eigenvalue weighted by atomic mass is 16.5. The summed E-state index contributed by atoms with van der Waals surface area (Å²) in [5.74, 6) is 0.904. The third kappa shape index (κ3) is 2.21. The van der Waals surface area contributed by atoms with Gasteiger partial charge in [-0.15, -0.1) is 0 Å². The average molecular weight is 223 g/mol. The molecule has 0 fully saturated rings. The SMILES string of the molecule is C1=C[C@H]2N=CC=C2C=C1OCc1ccccc1. The predicted octanol–water partition coefficient (Wildman–Crippen LogP) is 3.04. The van der Waals surface area contributed by atoms with Gasteiger partial charge in [0.05, 0.1) is 6.04 Å². The summed E-state index contributed by atoms with van der Waals surface area (Å²) < 4.78 is 5.76. The van der Waals surface area contributed by atoms with Gasteiger partial charge in [0, 0.05) is 6.21 Å². The first-order chi connectivity index (χ1) is 8.42. The molecule has 0 unspecified atom stereocenters. The van der Waals surface area contributed by atoms with Crippen LogP contribution < -0.4 is 0 Å². The molecule has 3 rings (SSSR count). The minimum atomic E-state index is 0.207. The molecule has 0 saturated heterocycles. The van der Waals surface area contributed by atoms with Crippen molar-refractivity contribution in [1.82, 2.24) is 0 Å². The first kappa shape index (κ1) is 10.1. The molecule has 1 atom stereocenters. The van der Waals surface area contributed by atoms with Crippen molar-refractivity contribution < 1.29 is 4.74 Å². The van der Waals surface area contributed by atoms with Gasteiger partial charge in [-0.3, -0.25) is 4.99 Å². The fraction of sp³-hybridized carbons (Fsp3) is 0.133. The molecule has 17 heavy (non-hydrogen) atoms. The largest absolute Gasteiger partial charge is 0.489 e. The molecule has 2 nitrogen and oxygen atoms in total. The minimum Gasteiger partial charge on any atom is -0.489 e. The second-order valence-corrected chi connectivity index (χ2v) is 4.09. The second-order valence-electron chi connectivity index (χ2n) is 4.09. The van der Waals surface area contributed by atoms with E-state index in [1.807, 2.05) is 36.6 Å². The average Bonchev–Trinajstić information content (AvgIpc) is 2.85. The number of fused-ring (bicyclic) bond motifs is 1. The Labute approximate surface area is 101 Å². The molecule has 0 radical (unpaired) electrons. The van der Waals surface area contributed by atoms with Crippen LogP contribution in [-0.2, 0) is 11.3 Å². The molecule has 0 saturated carbocycles. The quantitative estimate of drug-likeness (QED) is 0.771. The summed E-state index contributed by atoms with van der Waals surface area (Å²) in [4.78, 5) is 4.31. The maximum atomic E-state index is 5.76. The molecular weight excluding hydrogens is 210 g/mol. The minimum absolute atomic E-state index is 0.207. The normalized spacial score (nSPS) is 20.8. The zero-order valence-corrected chi connectivity index (χ0v) is 9.41. The molecule has 2 aliphatic rings. The maximum absolute atomic E-state index is 5.76. The fourth-order valence-corrected chi connectivity index (χ4v) is 1.93. The van der Waals surface area contributed by atoms with Gasteiger partial charge >= 0.3 is 0 Å². The van der Waals surface area contributed by atoms with Gasteiger partial charge in [-0.2, -0.15) is 0 Å². The number of nitrogens with zero attached hydrogens (tertiary/aromatic N) is 1. The zero-order valence-electron chi connectivity index (χ0n) is 9.41. The Morgan fingerprint density at radius 3 is 2.94 bits per heavy atom. The van der Waals surface area contributed by atoms with Gasteiger partial charge in [0.2, 0.25) is 0 Å². The number of ether oxygens (including phenoxy) is 1. The van der Waals surface area contributed by atoms with Gasteiger partial charge in [0.1, 0.15) is 12.4 Å². The predicted molar refractivity (Wildman–Crippen MR) is 68.8 cm³/mol. The van der Waals surface area contributed by atoms with E-state index in [4.69, 9.17) is 4.74 Å². The van der Waals surface area contributed by atoms with Crippen LogP contribution in [0.15, 0.2) is 71.0 Å². The lowest BCUT2D eigenvalue weighted by Gasteiger charge is -2.14. The molecule has 84 valence electrons. The highest BCUT2D eigenvalue weighted by Crippen LogP contribution is 2.23. The Hall–Kier alpha value is -2.09. The van der Waals surface area contributed by atoms with E-state index in [9.17, 15) is 0 Å². The summed E-state index contributed by atoms with van der Waals surface area (Å²) in [7, 11) is 0. The fourth-order valence-electron chi connectivity index (χ4n) is 1.93. The Morgan fingerprint density at radius 2 is 2.06 bits per heavy atom. The van der Waals surface area contributed by atoms with Crippen LogP contribution in [0.4, 0.5) is 0 Å². The first-order valence-electron chi connectivity index (χ1n) is 5.72. The van der Waals surface area contributed by atoms with Crippen molar-refractivity contribution in [2.45, 2.75) is 12.6 Å².